The van der Waals surface area contributed by atoms with E-state index < -0.39 is 0 Å². The zero-order valence-corrected chi connectivity index (χ0v) is 10.2. The first-order valence-corrected chi connectivity index (χ1v) is 6.07. The third kappa shape index (κ3) is 2.62. The molecule has 0 amide bonds. The van der Waals surface area contributed by atoms with Gasteiger partial charge < -0.3 is 10.5 Å². The van der Waals surface area contributed by atoms with E-state index in [1.54, 1.807) is 19.1 Å². The standard InChI is InChI=1S/C12H12N2O2S/c1-2-16-11(15)9-5-3-8(4-6-9)10-7-17-12(13)14-10/h3-7H,2H2,1H3,(H2,13,14). The van der Waals surface area contributed by atoms with Crippen LogP contribution in [0, 0.1) is 0 Å². The topological polar surface area (TPSA) is 65.2 Å². The summed E-state index contributed by atoms with van der Waals surface area (Å²) in [6, 6.07) is 7.12. The zero-order valence-electron chi connectivity index (χ0n) is 9.34. The van der Waals surface area contributed by atoms with Gasteiger partial charge in [-0.2, -0.15) is 0 Å². The van der Waals surface area contributed by atoms with Crippen LogP contribution < -0.4 is 5.73 Å². The van der Waals surface area contributed by atoms with E-state index in [4.69, 9.17) is 10.5 Å². The average Bonchev–Trinajstić information content (AvgIpc) is 2.76. The maximum Gasteiger partial charge on any atom is 0.338 e. The van der Waals surface area contributed by atoms with Crippen LogP contribution in [0.3, 0.4) is 0 Å². The summed E-state index contributed by atoms with van der Waals surface area (Å²) in [5.41, 5.74) is 7.87. The predicted molar refractivity (Wildman–Crippen MR) is 67.9 cm³/mol. The van der Waals surface area contributed by atoms with E-state index in [1.807, 2.05) is 17.5 Å². The Kier molecular flexibility index (Phi) is 3.39. The molecule has 0 fully saturated rings. The first kappa shape index (κ1) is 11.6. The molecule has 0 aliphatic rings. The number of hydrogen-bond acceptors (Lipinski definition) is 5. The first-order chi connectivity index (χ1) is 8.20. The summed E-state index contributed by atoms with van der Waals surface area (Å²) >= 11 is 1.39. The van der Waals surface area contributed by atoms with Crippen molar-refractivity contribution in [2.45, 2.75) is 6.92 Å². The molecular formula is C12H12N2O2S. The quantitative estimate of drug-likeness (QED) is 0.848. The van der Waals surface area contributed by atoms with Gasteiger partial charge in [-0.25, -0.2) is 9.78 Å². The molecule has 0 atom stereocenters. The molecule has 88 valence electrons. The van der Waals surface area contributed by atoms with Gasteiger partial charge in [0.1, 0.15) is 0 Å². The van der Waals surface area contributed by atoms with Crippen LogP contribution in [0.4, 0.5) is 5.13 Å². The minimum Gasteiger partial charge on any atom is -0.462 e. The third-order valence-corrected chi connectivity index (χ3v) is 2.89. The summed E-state index contributed by atoms with van der Waals surface area (Å²) in [6.07, 6.45) is 0. The largest absolute Gasteiger partial charge is 0.462 e. The normalized spacial score (nSPS) is 10.2. The molecule has 2 aromatic rings. The lowest BCUT2D eigenvalue weighted by molar-refractivity contribution is 0.0526. The van der Waals surface area contributed by atoms with E-state index in [9.17, 15) is 4.79 Å². The molecule has 0 aliphatic carbocycles. The van der Waals surface area contributed by atoms with Gasteiger partial charge in [0.25, 0.3) is 0 Å². The van der Waals surface area contributed by atoms with Gasteiger partial charge in [-0.15, -0.1) is 11.3 Å². The van der Waals surface area contributed by atoms with E-state index in [1.165, 1.54) is 11.3 Å². The summed E-state index contributed by atoms with van der Waals surface area (Å²) in [7, 11) is 0. The average molecular weight is 248 g/mol. The van der Waals surface area contributed by atoms with Gasteiger partial charge in [0.05, 0.1) is 17.9 Å². The molecule has 1 aromatic heterocycles. The molecule has 1 aromatic carbocycles. The lowest BCUT2D eigenvalue weighted by Crippen LogP contribution is -2.03. The van der Waals surface area contributed by atoms with Crippen LogP contribution in [0.2, 0.25) is 0 Å². The molecule has 5 heteroatoms. The second-order valence-corrected chi connectivity index (χ2v) is 4.26. The molecule has 0 radical (unpaired) electrons. The Balaban J connectivity index is 2.21. The Morgan fingerprint density at radius 1 is 1.41 bits per heavy atom. The Morgan fingerprint density at radius 3 is 2.65 bits per heavy atom. The maximum absolute atomic E-state index is 11.4. The molecule has 0 spiro atoms. The van der Waals surface area contributed by atoms with Crippen LogP contribution in [-0.4, -0.2) is 17.6 Å². The molecular weight excluding hydrogens is 236 g/mol. The number of aromatic nitrogens is 1. The summed E-state index contributed by atoms with van der Waals surface area (Å²) in [5, 5.41) is 2.42. The molecule has 0 bridgehead atoms. The Labute approximate surface area is 103 Å². The Hall–Kier alpha value is -1.88. The van der Waals surface area contributed by atoms with Gasteiger partial charge in [0.15, 0.2) is 5.13 Å². The van der Waals surface area contributed by atoms with Crippen LogP contribution >= 0.6 is 11.3 Å². The van der Waals surface area contributed by atoms with Crippen molar-refractivity contribution in [3.8, 4) is 11.3 Å². The first-order valence-electron chi connectivity index (χ1n) is 5.19. The van der Waals surface area contributed by atoms with Gasteiger partial charge in [0.2, 0.25) is 0 Å². The fourth-order valence-electron chi connectivity index (χ4n) is 1.41. The van der Waals surface area contributed by atoms with Gasteiger partial charge in [-0.1, -0.05) is 12.1 Å². The number of nitrogen functional groups attached to an aromatic ring is 1. The second-order valence-electron chi connectivity index (χ2n) is 3.37. The lowest BCUT2D eigenvalue weighted by Gasteiger charge is -2.02. The number of thiazole rings is 1. The number of nitrogens with two attached hydrogens (primary N) is 1. The summed E-state index contributed by atoms with van der Waals surface area (Å²) in [5.74, 6) is -0.308. The van der Waals surface area contributed by atoms with Crippen molar-refractivity contribution in [1.82, 2.24) is 4.98 Å². The molecule has 0 saturated heterocycles. The molecule has 0 saturated carbocycles. The van der Waals surface area contributed by atoms with Crippen LogP contribution in [0.1, 0.15) is 17.3 Å². The zero-order chi connectivity index (χ0) is 12.3. The molecule has 2 N–H and O–H groups in total. The maximum atomic E-state index is 11.4. The molecule has 0 unspecified atom stereocenters. The highest BCUT2D eigenvalue weighted by Gasteiger charge is 2.07. The van der Waals surface area contributed by atoms with Gasteiger partial charge in [-0.3, -0.25) is 0 Å². The fourth-order valence-corrected chi connectivity index (χ4v) is 1.98. The Bertz CT molecular complexity index is 520. The SMILES string of the molecule is CCOC(=O)c1ccc(-c2csc(N)n2)cc1. The molecule has 0 aliphatic heterocycles. The van der Waals surface area contributed by atoms with Gasteiger partial charge in [0, 0.05) is 10.9 Å². The van der Waals surface area contributed by atoms with Crippen molar-refractivity contribution in [2.24, 2.45) is 0 Å². The van der Waals surface area contributed by atoms with E-state index in [0.29, 0.717) is 17.3 Å². The van der Waals surface area contributed by atoms with E-state index in [0.717, 1.165) is 11.3 Å². The van der Waals surface area contributed by atoms with Crippen LogP contribution in [0.15, 0.2) is 29.6 Å². The molecule has 2 rings (SSSR count). The highest BCUT2D eigenvalue weighted by molar-refractivity contribution is 7.13. The second kappa shape index (κ2) is 4.97. The fraction of sp³-hybridized carbons (Fsp3) is 0.167. The van der Waals surface area contributed by atoms with Gasteiger partial charge in [-0.05, 0) is 19.1 Å². The smallest absolute Gasteiger partial charge is 0.338 e. The minimum absolute atomic E-state index is 0.308. The number of esters is 1. The summed E-state index contributed by atoms with van der Waals surface area (Å²) in [4.78, 5) is 15.6. The van der Waals surface area contributed by atoms with E-state index in [-0.39, 0.29) is 5.97 Å². The van der Waals surface area contributed by atoms with Crippen LogP contribution in [-0.2, 0) is 4.74 Å². The monoisotopic (exact) mass is 248 g/mol. The lowest BCUT2D eigenvalue weighted by atomic mass is 10.1. The Morgan fingerprint density at radius 2 is 2.12 bits per heavy atom. The third-order valence-electron chi connectivity index (χ3n) is 2.21. The number of ether oxygens (including phenoxy) is 1. The van der Waals surface area contributed by atoms with Crippen molar-refractivity contribution in [3.63, 3.8) is 0 Å². The van der Waals surface area contributed by atoms with E-state index >= 15 is 0 Å². The highest BCUT2D eigenvalue weighted by atomic mass is 32.1. The number of hydrogen-bond donors (Lipinski definition) is 1. The molecule has 17 heavy (non-hydrogen) atoms. The molecule has 1 heterocycles. The molecule has 4 nitrogen and oxygen atoms in total. The van der Waals surface area contributed by atoms with Crippen molar-refractivity contribution >= 4 is 22.4 Å². The number of carbonyl (C=O) groups excluding carboxylic acids is 1. The summed E-state index contributed by atoms with van der Waals surface area (Å²) in [6.45, 7) is 2.16. The van der Waals surface area contributed by atoms with Crippen LogP contribution in [0.5, 0.6) is 0 Å². The number of nitrogens with zero attached hydrogens (tertiary/aromatic N) is 1. The van der Waals surface area contributed by atoms with Crippen molar-refractivity contribution in [2.75, 3.05) is 12.3 Å². The number of anilines is 1. The highest BCUT2D eigenvalue weighted by Crippen LogP contribution is 2.23. The minimum atomic E-state index is -0.308. The van der Waals surface area contributed by atoms with Crippen LogP contribution in [0.25, 0.3) is 11.3 Å². The number of rotatable bonds is 3. The van der Waals surface area contributed by atoms with E-state index in [2.05, 4.69) is 4.98 Å². The van der Waals surface area contributed by atoms with Gasteiger partial charge >= 0.3 is 5.97 Å². The van der Waals surface area contributed by atoms with Crippen molar-refractivity contribution < 1.29 is 9.53 Å². The predicted octanol–water partition coefficient (Wildman–Crippen LogP) is 2.57. The number of benzene rings is 1. The summed E-state index contributed by atoms with van der Waals surface area (Å²) < 4.78 is 4.91. The van der Waals surface area contributed by atoms with Crippen molar-refractivity contribution in [3.05, 3.63) is 35.2 Å². The van der Waals surface area contributed by atoms with Crippen molar-refractivity contribution in [1.29, 1.82) is 0 Å². The number of carbonyl (C=O) groups is 1.